The smallest absolute Gasteiger partial charge is 0.0570 e. The summed E-state index contributed by atoms with van der Waals surface area (Å²) in [4.78, 5) is 2.72. The average Bonchev–Trinajstić information content (AvgIpc) is 2.59. The number of piperidine rings is 1. The molecule has 0 aromatic carbocycles. The van der Waals surface area contributed by atoms with E-state index in [9.17, 15) is 5.11 Å². The molecule has 2 nitrogen and oxygen atoms in total. The molecule has 4 atom stereocenters. The van der Waals surface area contributed by atoms with E-state index in [1.165, 1.54) is 25.7 Å². The first kappa shape index (κ1) is 7.34. The molecule has 2 unspecified atom stereocenters. The molecule has 3 heterocycles. The molecule has 0 spiro atoms. The molecule has 3 saturated heterocycles. The Labute approximate surface area is 73.6 Å². The van der Waals surface area contributed by atoms with Gasteiger partial charge in [0.1, 0.15) is 0 Å². The van der Waals surface area contributed by atoms with E-state index in [0.717, 1.165) is 31.0 Å². The molecule has 3 fully saturated rings. The lowest BCUT2D eigenvalue weighted by Gasteiger charge is -2.38. The SMILES string of the molecule is OC1C[C@H]2CCC3CC[C@@H](C1)N32. The van der Waals surface area contributed by atoms with Crippen molar-refractivity contribution in [1.29, 1.82) is 0 Å². The third-order valence-electron chi connectivity index (χ3n) is 4.02. The van der Waals surface area contributed by atoms with Crippen molar-refractivity contribution in [2.24, 2.45) is 0 Å². The van der Waals surface area contributed by atoms with Gasteiger partial charge in [0.2, 0.25) is 0 Å². The van der Waals surface area contributed by atoms with Crippen LogP contribution in [0.3, 0.4) is 0 Å². The van der Waals surface area contributed by atoms with Crippen molar-refractivity contribution in [2.75, 3.05) is 0 Å². The van der Waals surface area contributed by atoms with Gasteiger partial charge in [-0.15, -0.1) is 0 Å². The highest BCUT2D eigenvalue weighted by atomic mass is 16.3. The Hall–Kier alpha value is -0.0800. The second-order valence-corrected chi connectivity index (χ2v) is 4.69. The van der Waals surface area contributed by atoms with E-state index in [0.29, 0.717) is 0 Å². The summed E-state index contributed by atoms with van der Waals surface area (Å²) in [6.45, 7) is 0. The molecule has 0 amide bonds. The van der Waals surface area contributed by atoms with Crippen molar-refractivity contribution < 1.29 is 5.11 Å². The van der Waals surface area contributed by atoms with Crippen molar-refractivity contribution in [3.05, 3.63) is 0 Å². The highest BCUT2D eigenvalue weighted by molar-refractivity contribution is 5.01. The lowest BCUT2D eigenvalue weighted by molar-refractivity contribution is 0.0265. The monoisotopic (exact) mass is 167 g/mol. The summed E-state index contributed by atoms with van der Waals surface area (Å²) in [5.41, 5.74) is 0. The quantitative estimate of drug-likeness (QED) is 0.584. The highest BCUT2D eigenvalue weighted by Gasteiger charge is 2.46. The molecule has 0 saturated carbocycles. The van der Waals surface area contributed by atoms with E-state index >= 15 is 0 Å². The fraction of sp³-hybridized carbons (Fsp3) is 1.00. The van der Waals surface area contributed by atoms with Crippen LogP contribution in [0.15, 0.2) is 0 Å². The number of aliphatic hydroxyl groups is 1. The van der Waals surface area contributed by atoms with Crippen LogP contribution in [0.1, 0.15) is 38.5 Å². The van der Waals surface area contributed by atoms with Crippen LogP contribution >= 0.6 is 0 Å². The zero-order chi connectivity index (χ0) is 8.13. The fourth-order valence-electron chi connectivity index (χ4n) is 3.61. The summed E-state index contributed by atoms with van der Waals surface area (Å²) in [5.74, 6) is 0. The number of nitrogens with zero attached hydrogens (tertiary/aromatic N) is 1. The Bertz CT molecular complexity index is 176. The van der Waals surface area contributed by atoms with Gasteiger partial charge in [-0.3, -0.25) is 4.90 Å². The van der Waals surface area contributed by atoms with Gasteiger partial charge in [-0.1, -0.05) is 0 Å². The summed E-state index contributed by atoms with van der Waals surface area (Å²) in [7, 11) is 0. The minimum atomic E-state index is 0.00750. The van der Waals surface area contributed by atoms with E-state index in [2.05, 4.69) is 4.90 Å². The fourth-order valence-corrected chi connectivity index (χ4v) is 3.61. The predicted molar refractivity (Wildman–Crippen MR) is 46.9 cm³/mol. The normalized spacial score (nSPS) is 52.8. The minimum Gasteiger partial charge on any atom is -0.393 e. The molecule has 0 aromatic heterocycles. The molecule has 1 N–H and O–H groups in total. The summed E-state index contributed by atoms with van der Waals surface area (Å²) in [5, 5.41) is 9.65. The lowest BCUT2D eigenvalue weighted by atomic mass is 9.93. The van der Waals surface area contributed by atoms with Gasteiger partial charge < -0.3 is 5.11 Å². The van der Waals surface area contributed by atoms with Crippen LogP contribution in [0.2, 0.25) is 0 Å². The first-order chi connectivity index (χ1) is 5.84. The third kappa shape index (κ3) is 0.882. The van der Waals surface area contributed by atoms with Crippen molar-refractivity contribution >= 4 is 0 Å². The largest absolute Gasteiger partial charge is 0.393 e. The molecular weight excluding hydrogens is 150 g/mol. The van der Waals surface area contributed by atoms with Gasteiger partial charge >= 0.3 is 0 Å². The molecule has 2 heteroatoms. The van der Waals surface area contributed by atoms with Gasteiger partial charge in [0, 0.05) is 18.1 Å². The van der Waals surface area contributed by atoms with Gasteiger partial charge in [0.05, 0.1) is 6.10 Å². The molecule has 3 aliphatic rings. The van der Waals surface area contributed by atoms with Gasteiger partial charge in [0.15, 0.2) is 0 Å². The number of rotatable bonds is 0. The Morgan fingerprint density at radius 2 is 1.33 bits per heavy atom. The van der Waals surface area contributed by atoms with Gasteiger partial charge in [0.25, 0.3) is 0 Å². The first-order valence-corrected chi connectivity index (χ1v) is 5.30. The Morgan fingerprint density at radius 1 is 0.833 bits per heavy atom. The Kier molecular flexibility index (Phi) is 1.50. The predicted octanol–water partition coefficient (Wildman–Crippen LogP) is 1.14. The molecule has 0 aromatic rings. The van der Waals surface area contributed by atoms with E-state index < -0.39 is 0 Å². The average molecular weight is 167 g/mol. The number of aliphatic hydroxyl groups excluding tert-OH is 1. The van der Waals surface area contributed by atoms with Gasteiger partial charge in [-0.2, -0.15) is 0 Å². The van der Waals surface area contributed by atoms with Crippen molar-refractivity contribution in [2.45, 2.75) is 62.8 Å². The number of hydrogen-bond acceptors (Lipinski definition) is 2. The van der Waals surface area contributed by atoms with E-state index in [-0.39, 0.29) is 6.10 Å². The Morgan fingerprint density at radius 3 is 1.92 bits per heavy atom. The molecule has 68 valence electrons. The van der Waals surface area contributed by atoms with Crippen LogP contribution in [-0.4, -0.2) is 34.2 Å². The number of hydrogen-bond donors (Lipinski definition) is 1. The summed E-state index contributed by atoms with van der Waals surface area (Å²) in [6.07, 6.45) is 7.59. The van der Waals surface area contributed by atoms with Crippen LogP contribution < -0.4 is 0 Å². The van der Waals surface area contributed by atoms with Crippen LogP contribution in [0.25, 0.3) is 0 Å². The lowest BCUT2D eigenvalue weighted by Crippen LogP contribution is -2.46. The molecule has 0 radical (unpaired) electrons. The summed E-state index contributed by atoms with van der Waals surface area (Å²) in [6, 6.07) is 2.38. The van der Waals surface area contributed by atoms with Crippen molar-refractivity contribution in [3.63, 3.8) is 0 Å². The maximum Gasteiger partial charge on any atom is 0.0570 e. The third-order valence-corrected chi connectivity index (χ3v) is 4.02. The first-order valence-electron chi connectivity index (χ1n) is 5.30. The highest BCUT2D eigenvalue weighted by Crippen LogP contribution is 2.43. The summed E-state index contributed by atoms with van der Waals surface area (Å²) < 4.78 is 0. The van der Waals surface area contributed by atoms with Gasteiger partial charge in [-0.25, -0.2) is 0 Å². The van der Waals surface area contributed by atoms with E-state index in [1.807, 2.05) is 0 Å². The minimum absolute atomic E-state index is 0.00750. The topological polar surface area (TPSA) is 23.5 Å². The van der Waals surface area contributed by atoms with E-state index in [1.54, 1.807) is 0 Å². The maximum absolute atomic E-state index is 9.65. The van der Waals surface area contributed by atoms with Gasteiger partial charge in [-0.05, 0) is 38.5 Å². The van der Waals surface area contributed by atoms with Crippen LogP contribution in [-0.2, 0) is 0 Å². The zero-order valence-electron chi connectivity index (χ0n) is 7.45. The maximum atomic E-state index is 9.65. The molecule has 3 rings (SSSR count). The molecule has 0 aliphatic carbocycles. The second-order valence-electron chi connectivity index (χ2n) is 4.69. The molecule has 0 bridgehead atoms. The zero-order valence-corrected chi connectivity index (χ0v) is 7.45. The van der Waals surface area contributed by atoms with Crippen molar-refractivity contribution in [3.8, 4) is 0 Å². The Balaban J connectivity index is 1.86. The van der Waals surface area contributed by atoms with E-state index in [4.69, 9.17) is 0 Å². The molecular formula is C10H17NO. The standard InChI is InChI=1S/C10H17NO/c12-10-5-8-3-1-7-2-4-9(6-10)11(7)8/h7-10,12H,1-6H2/t7?,8-,9+,10?. The summed E-state index contributed by atoms with van der Waals surface area (Å²) >= 11 is 0. The van der Waals surface area contributed by atoms with Crippen LogP contribution in [0, 0.1) is 0 Å². The second kappa shape index (κ2) is 2.46. The molecule has 3 aliphatic heterocycles. The van der Waals surface area contributed by atoms with Crippen molar-refractivity contribution in [1.82, 2.24) is 4.90 Å². The molecule has 12 heavy (non-hydrogen) atoms. The van der Waals surface area contributed by atoms with Crippen LogP contribution in [0.4, 0.5) is 0 Å². The van der Waals surface area contributed by atoms with Crippen LogP contribution in [0.5, 0.6) is 0 Å².